The van der Waals surface area contributed by atoms with Gasteiger partial charge in [-0.3, -0.25) is 14.7 Å². The molecule has 2 aliphatic heterocycles. The Morgan fingerprint density at radius 3 is 3.32 bits per heavy atom. The standard InChI is InChI=1S/C14H19N3O2/c15-12-3-4-16-7-10(12)6-13(18)14-8-17-5-1-2-11(17)9-19-14/h3-4,7,11,14H,1-2,5-6,8-9H2,(H2,15,16). The van der Waals surface area contributed by atoms with Crippen molar-refractivity contribution < 1.29 is 9.53 Å². The van der Waals surface area contributed by atoms with Gasteiger partial charge in [0.15, 0.2) is 5.78 Å². The summed E-state index contributed by atoms with van der Waals surface area (Å²) in [5.41, 5.74) is 7.26. The molecule has 0 aromatic carbocycles. The zero-order valence-corrected chi connectivity index (χ0v) is 10.9. The highest BCUT2D eigenvalue weighted by molar-refractivity contribution is 5.86. The third kappa shape index (κ3) is 2.62. The van der Waals surface area contributed by atoms with Gasteiger partial charge in [0, 0.05) is 42.7 Å². The number of ketones is 1. The summed E-state index contributed by atoms with van der Waals surface area (Å²) in [5, 5.41) is 0. The lowest BCUT2D eigenvalue weighted by atomic mass is 10.0. The molecule has 2 unspecified atom stereocenters. The molecule has 1 aromatic heterocycles. The van der Waals surface area contributed by atoms with Crippen molar-refractivity contribution in [1.82, 2.24) is 9.88 Å². The van der Waals surface area contributed by atoms with E-state index in [9.17, 15) is 4.79 Å². The molecule has 5 heteroatoms. The van der Waals surface area contributed by atoms with Crippen molar-refractivity contribution in [3.63, 3.8) is 0 Å². The average Bonchev–Trinajstić information content (AvgIpc) is 2.88. The summed E-state index contributed by atoms with van der Waals surface area (Å²) in [7, 11) is 0. The molecule has 0 spiro atoms. The van der Waals surface area contributed by atoms with Crippen LogP contribution in [0.3, 0.4) is 0 Å². The third-order valence-corrected chi connectivity index (χ3v) is 4.05. The SMILES string of the molecule is Nc1ccncc1CC(=O)C1CN2CCCC2CO1. The first kappa shape index (κ1) is 12.6. The number of pyridine rings is 1. The van der Waals surface area contributed by atoms with Crippen molar-refractivity contribution in [3.05, 3.63) is 24.0 Å². The summed E-state index contributed by atoms with van der Waals surface area (Å²) in [6, 6.07) is 2.24. The molecule has 19 heavy (non-hydrogen) atoms. The van der Waals surface area contributed by atoms with Gasteiger partial charge in [0.2, 0.25) is 0 Å². The van der Waals surface area contributed by atoms with Crippen LogP contribution in [0.4, 0.5) is 5.69 Å². The van der Waals surface area contributed by atoms with E-state index in [0.29, 0.717) is 24.8 Å². The fourth-order valence-electron chi connectivity index (χ4n) is 2.90. The Morgan fingerprint density at radius 2 is 2.47 bits per heavy atom. The first-order valence-corrected chi connectivity index (χ1v) is 6.81. The van der Waals surface area contributed by atoms with Crippen LogP contribution >= 0.6 is 0 Å². The van der Waals surface area contributed by atoms with E-state index in [4.69, 9.17) is 10.5 Å². The number of aromatic nitrogens is 1. The van der Waals surface area contributed by atoms with Crippen molar-refractivity contribution >= 4 is 11.5 Å². The predicted octanol–water partition coefficient (Wildman–Crippen LogP) is 0.639. The number of nitrogens with two attached hydrogens (primary N) is 1. The summed E-state index contributed by atoms with van der Waals surface area (Å²) in [4.78, 5) is 18.7. The molecule has 5 nitrogen and oxygen atoms in total. The van der Waals surface area contributed by atoms with Crippen molar-refractivity contribution in [1.29, 1.82) is 0 Å². The van der Waals surface area contributed by atoms with Gasteiger partial charge in [0.1, 0.15) is 6.10 Å². The minimum Gasteiger partial charge on any atom is -0.398 e. The van der Waals surface area contributed by atoms with Crippen molar-refractivity contribution in [2.75, 3.05) is 25.4 Å². The molecule has 0 amide bonds. The minimum atomic E-state index is -0.311. The molecular weight excluding hydrogens is 242 g/mol. The maximum atomic E-state index is 12.3. The topological polar surface area (TPSA) is 68.5 Å². The second-order valence-corrected chi connectivity index (χ2v) is 5.33. The van der Waals surface area contributed by atoms with E-state index in [1.54, 1.807) is 18.5 Å². The van der Waals surface area contributed by atoms with E-state index in [2.05, 4.69) is 9.88 Å². The van der Waals surface area contributed by atoms with Crippen molar-refractivity contribution in [2.45, 2.75) is 31.4 Å². The number of nitrogen functional groups attached to an aromatic ring is 1. The lowest BCUT2D eigenvalue weighted by molar-refractivity contribution is -0.137. The number of fused-ring (bicyclic) bond motifs is 1. The second kappa shape index (κ2) is 5.27. The number of ether oxygens (including phenoxy) is 1. The number of carbonyl (C=O) groups is 1. The van der Waals surface area contributed by atoms with Gasteiger partial charge in [0.05, 0.1) is 6.61 Å². The molecule has 2 atom stereocenters. The van der Waals surface area contributed by atoms with E-state index in [0.717, 1.165) is 18.7 Å². The fraction of sp³-hybridized carbons (Fsp3) is 0.571. The number of morpholine rings is 1. The van der Waals surface area contributed by atoms with Crippen LogP contribution in [0.5, 0.6) is 0 Å². The number of hydrogen-bond donors (Lipinski definition) is 1. The maximum absolute atomic E-state index is 12.3. The minimum absolute atomic E-state index is 0.102. The van der Waals surface area contributed by atoms with Crippen molar-refractivity contribution in [2.24, 2.45) is 0 Å². The van der Waals surface area contributed by atoms with Crippen LogP contribution in [-0.4, -0.2) is 47.5 Å². The van der Waals surface area contributed by atoms with Gasteiger partial charge in [-0.2, -0.15) is 0 Å². The highest BCUT2D eigenvalue weighted by atomic mass is 16.5. The summed E-state index contributed by atoms with van der Waals surface area (Å²) in [6.07, 6.45) is 5.70. The largest absolute Gasteiger partial charge is 0.398 e. The Labute approximate surface area is 112 Å². The second-order valence-electron chi connectivity index (χ2n) is 5.33. The molecule has 2 aliphatic rings. The highest BCUT2D eigenvalue weighted by Crippen LogP contribution is 2.23. The van der Waals surface area contributed by atoms with Crippen LogP contribution < -0.4 is 5.73 Å². The van der Waals surface area contributed by atoms with Gasteiger partial charge < -0.3 is 10.5 Å². The molecule has 2 saturated heterocycles. The van der Waals surface area contributed by atoms with E-state index in [1.165, 1.54) is 12.8 Å². The Morgan fingerprint density at radius 1 is 1.58 bits per heavy atom. The molecule has 3 rings (SSSR count). The fourth-order valence-corrected chi connectivity index (χ4v) is 2.90. The molecule has 2 N–H and O–H groups in total. The zero-order valence-electron chi connectivity index (χ0n) is 10.9. The number of nitrogens with zero attached hydrogens (tertiary/aromatic N) is 2. The number of rotatable bonds is 3. The average molecular weight is 261 g/mol. The quantitative estimate of drug-likeness (QED) is 0.864. The number of carbonyl (C=O) groups excluding carboxylic acids is 1. The third-order valence-electron chi connectivity index (χ3n) is 4.05. The first-order valence-electron chi connectivity index (χ1n) is 6.81. The van der Waals surface area contributed by atoms with E-state index >= 15 is 0 Å². The van der Waals surface area contributed by atoms with E-state index < -0.39 is 0 Å². The number of anilines is 1. The van der Waals surface area contributed by atoms with Crippen LogP contribution in [0.15, 0.2) is 18.5 Å². The van der Waals surface area contributed by atoms with Gasteiger partial charge >= 0.3 is 0 Å². The normalized spacial score (nSPS) is 27.2. The maximum Gasteiger partial charge on any atom is 0.167 e. The van der Waals surface area contributed by atoms with Crippen molar-refractivity contribution in [3.8, 4) is 0 Å². The Bertz CT molecular complexity index is 478. The molecule has 0 bridgehead atoms. The van der Waals surface area contributed by atoms with Gasteiger partial charge in [-0.1, -0.05) is 0 Å². The molecule has 3 heterocycles. The smallest absolute Gasteiger partial charge is 0.167 e. The van der Waals surface area contributed by atoms with Crippen LogP contribution in [-0.2, 0) is 16.0 Å². The monoisotopic (exact) mass is 261 g/mol. The Balaban J connectivity index is 1.63. The zero-order chi connectivity index (χ0) is 13.2. The van der Waals surface area contributed by atoms with Gasteiger partial charge in [0.25, 0.3) is 0 Å². The molecular formula is C14H19N3O2. The molecule has 0 saturated carbocycles. The van der Waals surface area contributed by atoms with Gasteiger partial charge in [-0.15, -0.1) is 0 Å². The molecule has 102 valence electrons. The summed E-state index contributed by atoms with van der Waals surface area (Å²) in [5.74, 6) is 0.102. The summed E-state index contributed by atoms with van der Waals surface area (Å²) < 4.78 is 5.71. The van der Waals surface area contributed by atoms with Gasteiger partial charge in [-0.05, 0) is 25.5 Å². The summed E-state index contributed by atoms with van der Waals surface area (Å²) in [6.45, 7) is 2.50. The summed E-state index contributed by atoms with van der Waals surface area (Å²) >= 11 is 0. The Kier molecular flexibility index (Phi) is 3.48. The van der Waals surface area contributed by atoms with E-state index in [-0.39, 0.29) is 11.9 Å². The van der Waals surface area contributed by atoms with Crippen LogP contribution in [0, 0.1) is 0 Å². The van der Waals surface area contributed by atoms with E-state index in [1.807, 2.05) is 0 Å². The predicted molar refractivity (Wildman–Crippen MR) is 71.7 cm³/mol. The first-order chi connectivity index (χ1) is 9.24. The number of hydrogen-bond acceptors (Lipinski definition) is 5. The number of Topliss-reactive ketones (excluding diaryl/α,β-unsaturated/α-hetero) is 1. The van der Waals surface area contributed by atoms with Crippen LogP contribution in [0.25, 0.3) is 0 Å². The lowest BCUT2D eigenvalue weighted by Gasteiger charge is -2.34. The molecule has 1 aromatic rings. The lowest BCUT2D eigenvalue weighted by Crippen LogP contribution is -2.49. The Hall–Kier alpha value is -1.46. The highest BCUT2D eigenvalue weighted by Gasteiger charge is 2.35. The molecule has 0 aliphatic carbocycles. The molecule has 2 fully saturated rings. The van der Waals surface area contributed by atoms with Crippen LogP contribution in [0.2, 0.25) is 0 Å². The molecule has 0 radical (unpaired) electrons. The van der Waals surface area contributed by atoms with Crippen LogP contribution in [0.1, 0.15) is 18.4 Å². The van der Waals surface area contributed by atoms with Gasteiger partial charge in [-0.25, -0.2) is 0 Å².